The molecule has 0 saturated heterocycles. The van der Waals surface area contributed by atoms with E-state index in [1.165, 1.54) is 6.42 Å². The fourth-order valence-electron chi connectivity index (χ4n) is 4.45. The zero-order chi connectivity index (χ0) is 23.8. The van der Waals surface area contributed by atoms with E-state index in [1.54, 1.807) is 18.1 Å². The Hall–Kier alpha value is -2.96. The van der Waals surface area contributed by atoms with Gasteiger partial charge >= 0.3 is 6.03 Å². The number of aryl methyl sites for hydroxylation is 1. The van der Waals surface area contributed by atoms with Gasteiger partial charge in [-0.3, -0.25) is 4.79 Å². The number of nitrogens with zero attached hydrogens (tertiary/aromatic N) is 3. The molecule has 7 nitrogen and oxygen atoms in total. The highest BCUT2D eigenvalue weighted by Gasteiger charge is 2.29. The Labute approximate surface area is 197 Å². The minimum absolute atomic E-state index is 0.0173. The van der Waals surface area contributed by atoms with Gasteiger partial charge in [0.1, 0.15) is 12.3 Å². The molecule has 0 unspecified atom stereocenters. The lowest BCUT2D eigenvalue weighted by atomic mass is 9.94. The van der Waals surface area contributed by atoms with Gasteiger partial charge < -0.3 is 24.4 Å². The summed E-state index contributed by atoms with van der Waals surface area (Å²) < 4.78 is 7.31. The van der Waals surface area contributed by atoms with Gasteiger partial charge in [-0.05, 0) is 43.0 Å². The predicted octanol–water partition coefficient (Wildman–Crippen LogP) is 4.89. The van der Waals surface area contributed by atoms with E-state index in [-0.39, 0.29) is 24.5 Å². The summed E-state index contributed by atoms with van der Waals surface area (Å²) in [5.74, 6) is 0.998. The summed E-state index contributed by atoms with van der Waals surface area (Å²) in [5.41, 5.74) is 1.74. The number of ether oxygens (including phenoxy) is 1. The number of anilines is 1. The highest BCUT2D eigenvalue weighted by Crippen LogP contribution is 2.24. The number of carbonyl (C=O) groups excluding carboxylic acids is 2. The van der Waals surface area contributed by atoms with Crippen LogP contribution in [0.4, 0.5) is 10.5 Å². The van der Waals surface area contributed by atoms with Crippen LogP contribution in [0.1, 0.15) is 51.6 Å². The van der Waals surface area contributed by atoms with Crippen molar-refractivity contribution in [2.45, 2.75) is 58.5 Å². The number of aromatic nitrogens is 1. The van der Waals surface area contributed by atoms with Crippen LogP contribution in [0.2, 0.25) is 0 Å². The maximum absolute atomic E-state index is 13.5. The van der Waals surface area contributed by atoms with Crippen molar-refractivity contribution in [1.82, 2.24) is 14.4 Å². The second kappa shape index (κ2) is 11.8. The molecular formula is C26H38N4O3. The molecule has 1 aliphatic carbocycles. The smallest absolute Gasteiger partial charge is 0.322 e. The normalized spacial score (nSPS) is 14.2. The quantitative estimate of drug-likeness (QED) is 0.587. The van der Waals surface area contributed by atoms with Crippen LogP contribution in [0, 0.1) is 5.92 Å². The number of hydrogen-bond acceptors (Lipinski definition) is 3. The maximum Gasteiger partial charge on any atom is 0.322 e. The van der Waals surface area contributed by atoms with Gasteiger partial charge in [-0.15, -0.1) is 0 Å². The van der Waals surface area contributed by atoms with Crippen LogP contribution in [0.3, 0.4) is 0 Å². The van der Waals surface area contributed by atoms with Gasteiger partial charge in [0.15, 0.2) is 0 Å². The topological polar surface area (TPSA) is 66.8 Å². The molecule has 0 bridgehead atoms. The lowest BCUT2D eigenvalue weighted by Gasteiger charge is -2.35. The molecule has 2 aromatic rings. The number of carbonyl (C=O) groups is 2. The molecule has 33 heavy (non-hydrogen) atoms. The summed E-state index contributed by atoms with van der Waals surface area (Å²) in [7, 11) is 3.59. The zero-order valence-corrected chi connectivity index (χ0v) is 20.4. The van der Waals surface area contributed by atoms with Crippen molar-refractivity contribution in [3.63, 3.8) is 0 Å². The Morgan fingerprint density at radius 1 is 1.15 bits per heavy atom. The maximum atomic E-state index is 13.5. The summed E-state index contributed by atoms with van der Waals surface area (Å²) in [6.07, 6.45) is 7.20. The average molecular weight is 455 g/mol. The van der Waals surface area contributed by atoms with E-state index >= 15 is 0 Å². The fourth-order valence-corrected chi connectivity index (χ4v) is 4.45. The molecule has 0 spiro atoms. The van der Waals surface area contributed by atoms with Gasteiger partial charge in [0.05, 0.1) is 13.7 Å². The van der Waals surface area contributed by atoms with Gasteiger partial charge in [0.25, 0.3) is 0 Å². The zero-order valence-electron chi connectivity index (χ0n) is 20.4. The first-order valence-corrected chi connectivity index (χ1v) is 12.0. The van der Waals surface area contributed by atoms with E-state index in [1.807, 2.05) is 53.0 Å². The standard InChI is InChI=1S/C26H38N4O3/c1-20(2)17-29(18-23-13-9-15-28(23)3)25(31)19-30(22-11-6-5-7-12-22)26(32)27-21-10-8-14-24(16-21)33-4/h8-10,13-16,20,22H,5-7,11-12,17-19H2,1-4H3,(H,27,32). The third kappa shape index (κ3) is 7.01. The Kier molecular flexibility index (Phi) is 8.80. The fraction of sp³-hybridized carbons (Fsp3) is 0.538. The number of rotatable bonds is 9. The minimum Gasteiger partial charge on any atom is -0.497 e. The first kappa shape index (κ1) is 24.7. The molecule has 1 N–H and O–H groups in total. The Morgan fingerprint density at radius 2 is 1.91 bits per heavy atom. The van der Waals surface area contributed by atoms with Crippen LogP contribution in [0.15, 0.2) is 42.6 Å². The van der Waals surface area contributed by atoms with Crippen LogP contribution in [0.25, 0.3) is 0 Å². The number of nitrogens with one attached hydrogen (secondary N) is 1. The molecule has 0 radical (unpaired) electrons. The van der Waals surface area contributed by atoms with E-state index in [0.29, 0.717) is 30.4 Å². The third-order valence-corrected chi connectivity index (χ3v) is 6.25. The van der Waals surface area contributed by atoms with E-state index in [9.17, 15) is 9.59 Å². The summed E-state index contributed by atoms with van der Waals surface area (Å²) in [4.78, 5) is 30.5. The van der Waals surface area contributed by atoms with Crippen molar-refractivity contribution >= 4 is 17.6 Å². The third-order valence-electron chi connectivity index (χ3n) is 6.25. The van der Waals surface area contributed by atoms with Crippen molar-refractivity contribution in [1.29, 1.82) is 0 Å². The summed E-state index contributed by atoms with van der Waals surface area (Å²) in [6, 6.07) is 11.2. The number of hydrogen-bond donors (Lipinski definition) is 1. The largest absolute Gasteiger partial charge is 0.497 e. The number of benzene rings is 1. The highest BCUT2D eigenvalue weighted by molar-refractivity contribution is 5.92. The first-order chi connectivity index (χ1) is 15.9. The van der Waals surface area contributed by atoms with Gasteiger partial charge in [-0.25, -0.2) is 4.79 Å². The lowest BCUT2D eigenvalue weighted by molar-refractivity contribution is -0.133. The Balaban J connectivity index is 1.77. The summed E-state index contributed by atoms with van der Waals surface area (Å²) >= 11 is 0. The molecule has 1 heterocycles. The van der Waals surface area contributed by atoms with Gasteiger partial charge in [0.2, 0.25) is 5.91 Å². The van der Waals surface area contributed by atoms with Crippen molar-refractivity contribution in [2.24, 2.45) is 13.0 Å². The second-order valence-corrected chi connectivity index (χ2v) is 9.36. The Morgan fingerprint density at radius 3 is 2.55 bits per heavy atom. The van der Waals surface area contributed by atoms with E-state index < -0.39 is 0 Å². The van der Waals surface area contributed by atoms with Crippen LogP contribution in [-0.2, 0) is 18.4 Å². The van der Waals surface area contributed by atoms with Gasteiger partial charge in [0, 0.05) is 43.3 Å². The Bertz CT molecular complexity index is 918. The van der Waals surface area contributed by atoms with Crippen molar-refractivity contribution < 1.29 is 14.3 Å². The average Bonchev–Trinajstić information content (AvgIpc) is 3.21. The van der Waals surface area contributed by atoms with Crippen LogP contribution in [0.5, 0.6) is 5.75 Å². The molecule has 0 aliphatic heterocycles. The molecular weight excluding hydrogens is 416 g/mol. The summed E-state index contributed by atoms with van der Waals surface area (Å²) in [6.45, 7) is 5.49. The van der Waals surface area contributed by atoms with Crippen LogP contribution < -0.4 is 10.1 Å². The molecule has 1 aromatic carbocycles. The van der Waals surface area contributed by atoms with Crippen molar-refractivity contribution in [2.75, 3.05) is 25.5 Å². The predicted molar refractivity (Wildman–Crippen MR) is 131 cm³/mol. The molecule has 3 rings (SSSR count). The van der Waals surface area contributed by atoms with Crippen molar-refractivity contribution in [3.8, 4) is 5.75 Å². The van der Waals surface area contributed by atoms with Crippen LogP contribution >= 0.6 is 0 Å². The molecule has 1 fully saturated rings. The van der Waals surface area contributed by atoms with Gasteiger partial charge in [-0.1, -0.05) is 39.2 Å². The van der Waals surface area contributed by atoms with E-state index in [4.69, 9.17) is 4.74 Å². The number of urea groups is 1. The molecule has 1 saturated carbocycles. The molecule has 180 valence electrons. The van der Waals surface area contributed by atoms with Gasteiger partial charge in [-0.2, -0.15) is 0 Å². The van der Waals surface area contributed by atoms with E-state index in [0.717, 1.165) is 31.4 Å². The molecule has 7 heteroatoms. The monoisotopic (exact) mass is 454 g/mol. The summed E-state index contributed by atoms with van der Waals surface area (Å²) in [5, 5.41) is 2.99. The molecule has 3 amide bonds. The minimum atomic E-state index is -0.230. The number of amides is 3. The van der Waals surface area contributed by atoms with Crippen molar-refractivity contribution in [3.05, 3.63) is 48.3 Å². The molecule has 0 atom stereocenters. The molecule has 1 aromatic heterocycles. The SMILES string of the molecule is COc1cccc(NC(=O)N(CC(=O)N(Cc2cccn2C)CC(C)C)C2CCCCC2)c1. The molecule has 1 aliphatic rings. The lowest BCUT2D eigenvalue weighted by Crippen LogP contribution is -2.50. The van der Waals surface area contributed by atoms with E-state index in [2.05, 4.69) is 19.2 Å². The first-order valence-electron chi connectivity index (χ1n) is 12.0. The number of methoxy groups -OCH3 is 1. The highest BCUT2D eigenvalue weighted by atomic mass is 16.5. The second-order valence-electron chi connectivity index (χ2n) is 9.36. The van der Waals surface area contributed by atoms with Crippen LogP contribution in [-0.4, -0.2) is 52.5 Å².